The van der Waals surface area contributed by atoms with E-state index in [2.05, 4.69) is 0 Å². The number of halogens is 3. The molecule has 0 radical (unpaired) electrons. The summed E-state index contributed by atoms with van der Waals surface area (Å²) in [5, 5.41) is 11.1. The van der Waals surface area contributed by atoms with Crippen molar-refractivity contribution in [1.82, 2.24) is 10.2 Å². The molecule has 2 fully saturated rings. The first-order chi connectivity index (χ1) is 9.68. The minimum absolute atomic E-state index is 0.0409. The largest absolute Gasteiger partial charge is 0.481 e. The number of hydrogen-bond acceptors (Lipinski definition) is 2. The van der Waals surface area contributed by atoms with E-state index in [1.54, 1.807) is 6.92 Å². The average molecular weight is 308 g/mol. The molecule has 1 aliphatic carbocycles. The second kappa shape index (κ2) is 5.73. The van der Waals surface area contributed by atoms with E-state index in [0.29, 0.717) is 19.3 Å². The van der Waals surface area contributed by atoms with Crippen LogP contribution < -0.4 is 5.32 Å². The number of aliphatic carboxylic acids is 1. The highest BCUT2D eigenvalue weighted by Crippen LogP contribution is 2.40. The number of nitrogens with one attached hydrogen (secondary N) is 1. The molecule has 2 N–H and O–H groups in total. The standard InChI is InChI=1S/C13H19F3N2O3/c1-7-4-9(11(19)20)6-18(5-7)12(21)17-10(8-2-3-8)13(14,15)16/h7-10H,2-6H2,1H3,(H,17,21)(H,19,20). The van der Waals surface area contributed by atoms with Crippen LogP contribution in [0.4, 0.5) is 18.0 Å². The van der Waals surface area contributed by atoms with Crippen molar-refractivity contribution in [2.45, 2.75) is 38.4 Å². The van der Waals surface area contributed by atoms with Gasteiger partial charge in [0.2, 0.25) is 0 Å². The van der Waals surface area contributed by atoms with Crippen LogP contribution in [0.15, 0.2) is 0 Å². The van der Waals surface area contributed by atoms with Crippen LogP contribution >= 0.6 is 0 Å². The topological polar surface area (TPSA) is 69.6 Å². The fourth-order valence-corrected chi connectivity index (χ4v) is 2.82. The van der Waals surface area contributed by atoms with E-state index >= 15 is 0 Å². The van der Waals surface area contributed by atoms with Gasteiger partial charge in [0.15, 0.2) is 0 Å². The number of hydrogen-bond donors (Lipinski definition) is 2. The lowest BCUT2D eigenvalue weighted by molar-refractivity contribution is -0.158. The zero-order valence-corrected chi connectivity index (χ0v) is 11.7. The first kappa shape index (κ1) is 15.9. The molecule has 8 heteroatoms. The Balaban J connectivity index is 1.99. The second-order valence-electron chi connectivity index (χ2n) is 6.09. The smallest absolute Gasteiger partial charge is 0.408 e. The van der Waals surface area contributed by atoms with Crippen LogP contribution in [0.25, 0.3) is 0 Å². The summed E-state index contributed by atoms with van der Waals surface area (Å²) in [7, 11) is 0. The summed E-state index contributed by atoms with van der Waals surface area (Å²) in [6.45, 7) is 2.03. The minimum Gasteiger partial charge on any atom is -0.481 e. The predicted molar refractivity (Wildman–Crippen MR) is 67.6 cm³/mol. The monoisotopic (exact) mass is 308 g/mol. The van der Waals surface area contributed by atoms with E-state index in [1.165, 1.54) is 4.90 Å². The zero-order chi connectivity index (χ0) is 15.8. The molecular formula is C13H19F3N2O3. The molecule has 1 saturated carbocycles. The Labute approximate surface area is 120 Å². The molecule has 1 aliphatic heterocycles. The van der Waals surface area contributed by atoms with Crippen molar-refractivity contribution in [2.75, 3.05) is 13.1 Å². The van der Waals surface area contributed by atoms with Crippen LogP contribution in [-0.2, 0) is 4.79 Å². The number of nitrogens with zero attached hydrogens (tertiary/aromatic N) is 1. The van der Waals surface area contributed by atoms with Crippen molar-refractivity contribution in [2.24, 2.45) is 17.8 Å². The van der Waals surface area contributed by atoms with Gasteiger partial charge in [-0.25, -0.2) is 4.79 Å². The highest BCUT2D eigenvalue weighted by Gasteiger charge is 2.50. The van der Waals surface area contributed by atoms with Crippen molar-refractivity contribution in [1.29, 1.82) is 0 Å². The first-order valence-electron chi connectivity index (χ1n) is 7.03. The lowest BCUT2D eigenvalue weighted by Crippen LogP contribution is -2.55. The van der Waals surface area contributed by atoms with Crippen molar-refractivity contribution in [3.05, 3.63) is 0 Å². The van der Waals surface area contributed by atoms with Crippen molar-refractivity contribution < 1.29 is 27.9 Å². The highest BCUT2D eigenvalue weighted by atomic mass is 19.4. The number of carboxylic acid groups (broad SMARTS) is 1. The van der Waals surface area contributed by atoms with E-state index in [1.807, 2.05) is 5.32 Å². The molecule has 2 amide bonds. The summed E-state index contributed by atoms with van der Waals surface area (Å²) in [5.74, 6) is -2.33. The van der Waals surface area contributed by atoms with Gasteiger partial charge < -0.3 is 15.3 Å². The Bertz CT molecular complexity index is 423. The molecule has 21 heavy (non-hydrogen) atoms. The third-order valence-electron chi connectivity index (χ3n) is 4.02. The summed E-state index contributed by atoms with van der Waals surface area (Å²) in [6, 6.07) is -2.65. The Hall–Kier alpha value is -1.47. The number of amides is 2. The lowest BCUT2D eigenvalue weighted by Gasteiger charge is -2.35. The van der Waals surface area contributed by atoms with Crippen molar-refractivity contribution in [3.63, 3.8) is 0 Å². The van der Waals surface area contributed by atoms with Gasteiger partial charge in [0, 0.05) is 13.1 Å². The third-order valence-corrected chi connectivity index (χ3v) is 4.02. The molecular weight excluding hydrogens is 289 g/mol. The molecule has 0 aromatic heterocycles. The van der Waals surface area contributed by atoms with E-state index in [9.17, 15) is 22.8 Å². The number of carbonyl (C=O) groups excluding carboxylic acids is 1. The van der Waals surface area contributed by atoms with Crippen LogP contribution in [0.5, 0.6) is 0 Å². The summed E-state index contributed by atoms with van der Waals surface area (Å²) < 4.78 is 38.7. The lowest BCUT2D eigenvalue weighted by atomic mass is 9.91. The number of carboxylic acids is 1. The van der Waals surface area contributed by atoms with Crippen LogP contribution in [-0.4, -0.2) is 47.3 Å². The Kier molecular flexibility index (Phi) is 4.34. The number of alkyl halides is 3. The fraction of sp³-hybridized carbons (Fsp3) is 0.846. The normalized spacial score (nSPS) is 28.1. The van der Waals surface area contributed by atoms with Gasteiger partial charge in [-0.2, -0.15) is 13.2 Å². The third kappa shape index (κ3) is 4.01. The van der Waals surface area contributed by atoms with E-state index < -0.39 is 36.1 Å². The minimum atomic E-state index is -4.47. The SMILES string of the molecule is CC1CC(C(=O)O)CN(C(=O)NC(C2CC2)C(F)(F)F)C1. The number of rotatable bonds is 3. The molecule has 0 bridgehead atoms. The maximum absolute atomic E-state index is 12.9. The molecule has 2 rings (SSSR count). The van der Waals surface area contributed by atoms with E-state index in [4.69, 9.17) is 5.11 Å². The van der Waals surface area contributed by atoms with Gasteiger partial charge >= 0.3 is 18.2 Å². The molecule has 3 atom stereocenters. The molecule has 3 unspecified atom stereocenters. The molecule has 1 heterocycles. The molecule has 0 spiro atoms. The number of urea groups is 1. The van der Waals surface area contributed by atoms with Gasteiger partial charge in [0.25, 0.3) is 0 Å². The van der Waals surface area contributed by atoms with E-state index in [-0.39, 0.29) is 19.0 Å². The van der Waals surface area contributed by atoms with Gasteiger partial charge in [0.1, 0.15) is 6.04 Å². The Morgan fingerprint density at radius 3 is 2.38 bits per heavy atom. The summed E-state index contributed by atoms with van der Waals surface area (Å²) in [4.78, 5) is 24.2. The molecule has 2 aliphatic rings. The molecule has 0 aromatic rings. The van der Waals surface area contributed by atoms with Crippen LogP contribution in [0.3, 0.4) is 0 Å². The van der Waals surface area contributed by atoms with Gasteiger partial charge in [-0.1, -0.05) is 6.92 Å². The summed E-state index contributed by atoms with van der Waals surface area (Å²) >= 11 is 0. The van der Waals surface area contributed by atoms with Crippen molar-refractivity contribution in [3.8, 4) is 0 Å². The maximum atomic E-state index is 12.9. The van der Waals surface area contributed by atoms with Gasteiger partial charge in [-0.05, 0) is 31.1 Å². The van der Waals surface area contributed by atoms with E-state index in [0.717, 1.165) is 0 Å². The molecule has 0 aromatic carbocycles. The number of carbonyl (C=O) groups is 2. The van der Waals surface area contributed by atoms with Gasteiger partial charge in [-0.3, -0.25) is 4.79 Å². The maximum Gasteiger partial charge on any atom is 0.408 e. The second-order valence-corrected chi connectivity index (χ2v) is 6.09. The number of piperidine rings is 1. The van der Waals surface area contributed by atoms with Crippen LogP contribution in [0, 0.1) is 17.8 Å². The molecule has 1 saturated heterocycles. The van der Waals surface area contributed by atoms with Crippen molar-refractivity contribution >= 4 is 12.0 Å². The molecule has 120 valence electrons. The van der Waals surface area contributed by atoms with Crippen LogP contribution in [0.2, 0.25) is 0 Å². The summed E-state index contributed by atoms with van der Waals surface area (Å²) in [5.41, 5.74) is 0. The fourth-order valence-electron chi connectivity index (χ4n) is 2.82. The quantitative estimate of drug-likeness (QED) is 0.838. The molecule has 5 nitrogen and oxygen atoms in total. The average Bonchev–Trinajstić information content (AvgIpc) is 3.17. The first-order valence-corrected chi connectivity index (χ1v) is 7.03. The van der Waals surface area contributed by atoms with Gasteiger partial charge in [0.05, 0.1) is 5.92 Å². The highest BCUT2D eigenvalue weighted by molar-refractivity contribution is 5.77. The summed E-state index contributed by atoms with van der Waals surface area (Å²) in [6.07, 6.45) is -3.12. The van der Waals surface area contributed by atoms with Crippen LogP contribution in [0.1, 0.15) is 26.2 Å². The Morgan fingerprint density at radius 1 is 1.29 bits per heavy atom. The number of likely N-dealkylation sites (tertiary alicyclic amines) is 1. The predicted octanol–water partition coefficient (Wildman–Crippen LogP) is 2.08. The Morgan fingerprint density at radius 2 is 1.90 bits per heavy atom. The van der Waals surface area contributed by atoms with Gasteiger partial charge in [-0.15, -0.1) is 0 Å². The zero-order valence-electron chi connectivity index (χ0n) is 11.7.